The molecule has 0 aliphatic carbocycles. The van der Waals surface area contributed by atoms with E-state index in [1.54, 1.807) is 7.11 Å². The monoisotopic (exact) mass is 313 g/mol. The zero-order valence-corrected chi connectivity index (χ0v) is 13.1. The normalized spacial score (nSPS) is 12.9. The van der Waals surface area contributed by atoms with Crippen LogP contribution in [-0.4, -0.2) is 26.9 Å². The van der Waals surface area contributed by atoms with Gasteiger partial charge in [0.1, 0.15) is 0 Å². The van der Waals surface area contributed by atoms with Crippen LogP contribution < -0.4 is 4.74 Å². The fourth-order valence-corrected chi connectivity index (χ4v) is 6.41. The molecule has 0 amide bonds. The topological polar surface area (TPSA) is 9.23 Å². The molecule has 0 aliphatic heterocycles. The molecule has 1 atom stereocenters. The van der Waals surface area contributed by atoms with Crippen LogP contribution in [0, 0.1) is 5.92 Å². The molecule has 1 nitrogen and oxygen atoms in total. The summed E-state index contributed by atoms with van der Waals surface area (Å²) in [5.41, 5.74) is 1.36. The second-order valence-corrected chi connectivity index (χ2v) is 12.6. The van der Waals surface area contributed by atoms with E-state index in [2.05, 4.69) is 35.0 Å². The minimum absolute atomic E-state index is 0.811. The number of hydrogen-bond acceptors (Lipinski definition) is 1. The Hall–Kier alpha value is -0.181. The van der Waals surface area contributed by atoms with Gasteiger partial charge < -0.3 is 0 Å². The molecule has 0 unspecified atom stereocenters. The van der Waals surface area contributed by atoms with E-state index in [-0.39, 0.29) is 0 Å². The van der Waals surface area contributed by atoms with Crippen molar-refractivity contribution in [3.05, 3.63) is 29.8 Å². The van der Waals surface area contributed by atoms with Gasteiger partial charge in [0.05, 0.1) is 0 Å². The SMILES string of the molecule is COc1ccccc1C[C@H](C)[CH2][Sn]([CH3])[CH3]. The Bertz CT molecular complexity index is 296. The first-order valence-corrected chi connectivity index (χ1v) is 13.3. The van der Waals surface area contributed by atoms with E-state index in [4.69, 9.17) is 4.74 Å². The van der Waals surface area contributed by atoms with Gasteiger partial charge in [0.15, 0.2) is 0 Å². The van der Waals surface area contributed by atoms with Gasteiger partial charge in [-0.3, -0.25) is 0 Å². The maximum absolute atomic E-state index is 5.37. The second kappa shape index (κ2) is 6.41. The van der Waals surface area contributed by atoms with E-state index in [9.17, 15) is 0 Å². The van der Waals surface area contributed by atoms with E-state index in [0.717, 1.165) is 18.1 Å². The van der Waals surface area contributed by atoms with E-state index >= 15 is 0 Å². The van der Waals surface area contributed by atoms with E-state index in [1.165, 1.54) is 10.0 Å². The van der Waals surface area contributed by atoms with Gasteiger partial charge in [-0.15, -0.1) is 0 Å². The average Bonchev–Trinajstić information content (AvgIpc) is 2.17. The van der Waals surface area contributed by atoms with Crippen LogP contribution in [-0.2, 0) is 6.42 Å². The zero-order chi connectivity index (χ0) is 11.3. The van der Waals surface area contributed by atoms with Crippen molar-refractivity contribution in [2.24, 2.45) is 5.92 Å². The van der Waals surface area contributed by atoms with Crippen molar-refractivity contribution in [3.63, 3.8) is 0 Å². The first-order valence-electron chi connectivity index (χ1n) is 5.54. The van der Waals surface area contributed by atoms with Gasteiger partial charge in [-0.2, -0.15) is 0 Å². The first kappa shape index (κ1) is 12.9. The van der Waals surface area contributed by atoms with Crippen LogP contribution in [0.5, 0.6) is 5.75 Å². The summed E-state index contributed by atoms with van der Waals surface area (Å²) in [4.78, 5) is 4.95. The molecule has 1 aromatic rings. The van der Waals surface area contributed by atoms with Crippen molar-refractivity contribution >= 4 is 19.8 Å². The minimum atomic E-state index is -0.937. The predicted octanol–water partition coefficient (Wildman–Crippen LogP) is 3.63. The summed E-state index contributed by atoms with van der Waals surface area (Å²) in [6.45, 7) is 2.36. The van der Waals surface area contributed by atoms with E-state index < -0.39 is 19.8 Å². The number of para-hydroxylation sites is 1. The van der Waals surface area contributed by atoms with Gasteiger partial charge in [-0.1, -0.05) is 0 Å². The van der Waals surface area contributed by atoms with Crippen molar-refractivity contribution in [1.82, 2.24) is 0 Å². The van der Waals surface area contributed by atoms with Gasteiger partial charge in [0.25, 0.3) is 0 Å². The molecule has 1 rings (SSSR count). The van der Waals surface area contributed by atoms with Crippen LogP contribution in [0.4, 0.5) is 0 Å². The van der Waals surface area contributed by atoms with Crippen molar-refractivity contribution in [2.75, 3.05) is 7.11 Å². The third-order valence-corrected chi connectivity index (χ3v) is 6.84. The second-order valence-electron chi connectivity index (χ2n) is 4.53. The molecule has 0 saturated carbocycles. The molecular formula is C13H21OSn. The number of methoxy groups -OCH3 is 1. The van der Waals surface area contributed by atoms with Crippen LogP contribution in [0.25, 0.3) is 0 Å². The number of hydrogen-bond donors (Lipinski definition) is 0. The van der Waals surface area contributed by atoms with Crippen molar-refractivity contribution in [1.29, 1.82) is 0 Å². The standard InChI is InChI=1S/C11H15O.2CH3.Sn/c1-9(2)8-10-6-4-5-7-11(10)12-3;;;/h4-7,9H,1,8H2,2-3H3;2*1H3;/t9-;;;/m0.../s1. The fraction of sp³-hybridized carbons (Fsp3) is 0.538. The van der Waals surface area contributed by atoms with Crippen molar-refractivity contribution < 1.29 is 4.74 Å². The molecule has 0 spiro atoms. The molecule has 15 heavy (non-hydrogen) atoms. The zero-order valence-electron chi connectivity index (χ0n) is 10.2. The summed E-state index contributed by atoms with van der Waals surface area (Å²) in [5, 5.41) is 0. The Kier molecular flexibility index (Phi) is 5.51. The van der Waals surface area contributed by atoms with Gasteiger partial charge in [0.2, 0.25) is 0 Å². The van der Waals surface area contributed by atoms with Gasteiger partial charge in [-0.05, 0) is 0 Å². The molecule has 0 saturated heterocycles. The van der Waals surface area contributed by atoms with Crippen LogP contribution in [0.3, 0.4) is 0 Å². The molecular weight excluding hydrogens is 291 g/mol. The Labute approximate surface area is 101 Å². The summed E-state index contributed by atoms with van der Waals surface area (Å²) in [6.07, 6.45) is 1.16. The molecule has 0 N–H and O–H groups in total. The molecule has 2 heteroatoms. The van der Waals surface area contributed by atoms with Gasteiger partial charge >= 0.3 is 101 Å². The Morgan fingerprint density at radius 3 is 2.53 bits per heavy atom. The Balaban J connectivity index is 2.63. The van der Waals surface area contributed by atoms with Crippen molar-refractivity contribution in [2.45, 2.75) is 27.7 Å². The third kappa shape index (κ3) is 4.45. The molecule has 83 valence electrons. The van der Waals surface area contributed by atoms with E-state index in [0.29, 0.717) is 0 Å². The van der Waals surface area contributed by atoms with Crippen LogP contribution in [0.1, 0.15) is 12.5 Å². The Morgan fingerprint density at radius 1 is 1.27 bits per heavy atom. The summed E-state index contributed by atoms with van der Waals surface area (Å²) in [5.74, 6) is 1.85. The quantitative estimate of drug-likeness (QED) is 0.755. The number of benzene rings is 1. The summed E-state index contributed by atoms with van der Waals surface area (Å²) in [7, 11) is 1.75. The summed E-state index contributed by atoms with van der Waals surface area (Å²) >= 11 is -0.937. The first-order chi connectivity index (χ1) is 7.13. The molecule has 0 aromatic heterocycles. The van der Waals surface area contributed by atoms with Crippen LogP contribution >= 0.6 is 0 Å². The van der Waals surface area contributed by atoms with Gasteiger partial charge in [-0.25, -0.2) is 0 Å². The molecule has 0 bridgehead atoms. The summed E-state index contributed by atoms with van der Waals surface area (Å²) < 4.78 is 6.84. The fourth-order valence-electron chi connectivity index (χ4n) is 2.02. The third-order valence-electron chi connectivity index (χ3n) is 2.52. The van der Waals surface area contributed by atoms with Crippen LogP contribution in [0.2, 0.25) is 14.3 Å². The molecule has 0 fully saturated rings. The van der Waals surface area contributed by atoms with E-state index in [1.807, 2.05) is 6.07 Å². The Morgan fingerprint density at radius 2 is 1.93 bits per heavy atom. The molecule has 0 aliphatic rings. The predicted molar refractivity (Wildman–Crippen MR) is 68.2 cm³/mol. The molecule has 0 heterocycles. The average molecular weight is 312 g/mol. The van der Waals surface area contributed by atoms with Gasteiger partial charge in [0, 0.05) is 0 Å². The maximum atomic E-state index is 5.37. The number of ether oxygens (including phenoxy) is 1. The summed E-state index contributed by atoms with van der Waals surface area (Å²) in [6, 6.07) is 8.37. The van der Waals surface area contributed by atoms with Crippen LogP contribution in [0.15, 0.2) is 24.3 Å². The van der Waals surface area contributed by atoms with Crippen molar-refractivity contribution in [3.8, 4) is 5.75 Å². The number of rotatable bonds is 5. The molecule has 1 radical (unpaired) electrons. The molecule has 1 aromatic carbocycles.